The molecule has 0 aliphatic carbocycles. The number of amides is 1. The first-order valence-corrected chi connectivity index (χ1v) is 8.11. The van der Waals surface area contributed by atoms with Gasteiger partial charge in [0.2, 0.25) is 5.91 Å². The summed E-state index contributed by atoms with van der Waals surface area (Å²) in [5.74, 6) is 0.140. The number of nitrogens with one attached hydrogen (secondary N) is 2. The van der Waals surface area contributed by atoms with Gasteiger partial charge in [-0.25, -0.2) is 0 Å². The summed E-state index contributed by atoms with van der Waals surface area (Å²) in [6.07, 6.45) is 5.48. The predicted octanol–water partition coefficient (Wildman–Crippen LogP) is 3.27. The van der Waals surface area contributed by atoms with Gasteiger partial charge in [0, 0.05) is 18.1 Å². The van der Waals surface area contributed by atoms with E-state index >= 15 is 0 Å². The van der Waals surface area contributed by atoms with E-state index in [4.69, 9.17) is 0 Å². The smallest absolute Gasteiger partial charge is 0.240 e. The summed E-state index contributed by atoms with van der Waals surface area (Å²) in [7, 11) is 0. The summed E-state index contributed by atoms with van der Waals surface area (Å²) in [6, 6.07) is 10.2. The van der Waals surface area contributed by atoms with E-state index in [2.05, 4.69) is 40.7 Å². The van der Waals surface area contributed by atoms with E-state index < -0.39 is 0 Å². The molecule has 1 amide bonds. The maximum atomic E-state index is 12.5. The fraction of sp³-hybridized carbons (Fsp3) is 0.444. The summed E-state index contributed by atoms with van der Waals surface area (Å²) in [6.45, 7) is 3.67. The monoisotopic (exact) mass is 369 g/mol. The van der Waals surface area contributed by atoms with Crippen LogP contribution < -0.4 is 10.6 Å². The highest BCUT2D eigenvalue weighted by Crippen LogP contribution is 2.23. The van der Waals surface area contributed by atoms with Gasteiger partial charge in [0.15, 0.2) is 0 Å². The molecule has 0 radical (unpaired) electrons. The highest BCUT2D eigenvalue weighted by Gasteiger charge is 2.38. The number of carbonyl (C=O) groups is 1. The Bertz CT molecular complexity index is 667. The van der Waals surface area contributed by atoms with Gasteiger partial charge >= 0.3 is 0 Å². The number of para-hydroxylation sites is 1. The molecule has 2 aromatic rings. The van der Waals surface area contributed by atoms with E-state index in [1.54, 1.807) is 0 Å². The van der Waals surface area contributed by atoms with Crippen LogP contribution in [-0.2, 0) is 11.2 Å². The first-order chi connectivity index (χ1) is 10.7. The second-order valence-corrected chi connectivity index (χ2v) is 5.96. The minimum atomic E-state index is -0.350. The maximum absolute atomic E-state index is 12.5. The SMILES string of the molecule is CCC1(C(=O)NCCc2cccc3cccnc23)CCCN1.Cl.Cl. The normalized spacial score (nSPS) is 19.4. The van der Waals surface area contributed by atoms with Crippen LogP contribution in [0.25, 0.3) is 10.9 Å². The number of pyridine rings is 1. The quantitative estimate of drug-likeness (QED) is 0.850. The Labute approximate surface area is 155 Å². The number of fused-ring (bicyclic) bond motifs is 1. The predicted molar refractivity (Wildman–Crippen MR) is 103 cm³/mol. The van der Waals surface area contributed by atoms with Crippen molar-refractivity contribution in [2.24, 2.45) is 0 Å². The summed E-state index contributed by atoms with van der Waals surface area (Å²) < 4.78 is 0. The van der Waals surface area contributed by atoms with Gasteiger partial charge in [0.05, 0.1) is 11.1 Å². The van der Waals surface area contributed by atoms with Crippen LogP contribution in [0.3, 0.4) is 0 Å². The van der Waals surface area contributed by atoms with Crippen LogP contribution in [0.2, 0.25) is 0 Å². The summed E-state index contributed by atoms with van der Waals surface area (Å²) in [5, 5.41) is 7.62. The van der Waals surface area contributed by atoms with E-state index in [0.717, 1.165) is 43.1 Å². The molecule has 1 aliphatic rings. The van der Waals surface area contributed by atoms with Crippen LogP contribution >= 0.6 is 24.8 Å². The van der Waals surface area contributed by atoms with Gasteiger partial charge in [0.25, 0.3) is 0 Å². The van der Waals surface area contributed by atoms with Gasteiger partial charge in [-0.2, -0.15) is 0 Å². The molecule has 24 heavy (non-hydrogen) atoms. The number of hydrogen-bond donors (Lipinski definition) is 2. The maximum Gasteiger partial charge on any atom is 0.240 e. The van der Waals surface area contributed by atoms with Gasteiger partial charge in [-0.15, -0.1) is 24.8 Å². The lowest BCUT2D eigenvalue weighted by Gasteiger charge is -2.26. The van der Waals surface area contributed by atoms with Crippen molar-refractivity contribution in [2.45, 2.75) is 38.1 Å². The van der Waals surface area contributed by atoms with Crippen molar-refractivity contribution >= 4 is 41.6 Å². The second-order valence-electron chi connectivity index (χ2n) is 5.96. The van der Waals surface area contributed by atoms with Crippen LogP contribution in [0.5, 0.6) is 0 Å². The fourth-order valence-corrected chi connectivity index (χ4v) is 3.31. The Kier molecular flexibility index (Phi) is 7.94. The lowest BCUT2D eigenvalue weighted by atomic mass is 9.93. The number of aromatic nitrogens is 1. The highest BCUT2D eigenvalue weighted by molar-refractivity contribution is 5.87. The highest BCUT2D eigenvalue weighted by atomic mass is 35.5. The third-order valence-corrected chi connectivity index (χ3v) is 4.68. The van der Waals surface area contributed by atoms with Crippen molar-refractivity contribution in [1.29, 1.82) is 0 Å². The van der Waals surface area contributed by atoms with Crippen molar-refractivity contribution < 1.29 is 4.79 Å². The molecule has 1 unspecified atom stereocenters. The molecule has 1 aromatic carbocycles. The first-order valence-electron chi connectivity index (χ1n) is 8.11. The van der Waals surface area contributed by atoms with Crippen LogP contribution in [0.15, 0.2) is 36.5 Å². The number of carbonyl (C=O) groups excluding carboxylic acids is 1. The molecule has 0 spiro atoms. The van der Waals surface area contributed by atoms with E-state index in [1.165, 1.54) is 5.56 Å². The van der Waals surface area contributed by atoms with E-state index in [-0.39, 0.29) is 36.3 Å². The largest absolute Gasteiger partial charge is 0.354 e. The van der Waals surface area contributed by atoms with Crippen LogP contribution in [0, 0.1) is 0 Å². The second kappa shape index (κ2) is 9.21. The van der Waals surface area contributed by atoms with Gasteiger partial charge in [-0.3, -0.25) is 9.78 Å². The number of rotatable bonds is 5. The molecule has 2 N–H and O–H groups in total. The van der Waals surface area contributed by atoms with Crippen molar-refractivity contribution in [2.75, 3.05) is 13.1 Å². The van der Waals surface area contributed by atoms with Gasteiger partial charge in [0.1, 0.15) is 0 Å². The standard InChI is InChI=1S/C18H23N3O.2ClH/c1-2-18(10-5-12-21-18)17(22)20-13-9-15-7-3-6-14-8-4-11-19-16(14)15;;/h3-4,6-8,11,21H,2,5,9-10,12-13H2,1H3,(H,20,22);2*1H. The van der Waals surface area contributed by atoms with Gasteiger partial charge in [-0.1, -0.05) is 31.2 Å². The summed E-state index contributed by atoms with van der Waals surface area (Å²) in [4.78, 5) is 16.9. The Morgan fingerprint density at radius 1 is 1.29 bits per heavy atom. The zero-order valence-electron chi connectivity index (χ0n) is 13.9. The van der Waals surface area contributed by atoms with Crippen LogP contribution in [0.4, 0.5) is 0 Å². The molecular weight excluding hydrogens is 345 g/mol. The molecule has 132 valence electrons. The molecular formula is C18H25Cl2N3O. The molecule has 1 atom stereocenters. The molecule has 0 saturated carbocycles. The molecule has 2 heterocycles. The molecule has 1 fully saturated rings. The zero-order chi connectivity index (χ0) is 15.4. The molecule has 1 aliphatic heterocycles. The van der Waals surface area contributed by atoms with Crippen molar-refractivity contribution in [3.63, 3.8) is 0 Å². The van der Waals surface area contributed by atoms with E-state index in [0.29, 0.717) is 6.54 Å². The summed E-state index contributed by atoms with van der Waals surface area (Å²) >= 11 is 0. The Morgan fingerprint density at radius 3 is 2.79 bits per heavy atom. The lowest BCUT2D eigenvalue weighted by Crippen LogP contribution is -2.53. The van der Waals surface area contributed by atoms with Crippen molar-refractivity contribution in [3.8, 4) is 0 Å². The molecule has 1 saturated heterocycles. The van der Waals surface area contributed by atoms with Gasteiger partial charge in [-0.05, 0) is 43.9 Å². The number of benzene rings is 1. The van der Waals surface area contributed by atoms with Crippen LogP contribution in [0.1, 0.15) is 31.7 Å². The first kappa shape index (κ1) is 20.7. The van der Waals surface area contributed by atoms with Crippen LogP contribution in [-0.4, -0.2) is 29.5 Å². The zero-order valence-corrected chi connectivity index (χ0v) is 15.5. The molecule has 3 rings (SSSR count). The molecule has 4 nitrogen and oxygen atoms in total. The van der Waals surface area contributed by atoms with E-state index in [1.807, 2.05) is 18.3 Å². The van der Waals surface area contributed by atoms with Crippen molar-refractivity contribution in [3.05, 3.63) is 42.1 Å². The number of nitrogens with zero attached hydrogens (tertiary/aromatic N) is 1. The van der Waals surface area contributed by atoms with E-state index in [9.17, 15) is 4.79 Å². The number of hydrogen-bond acceptors (Lipinski definition) is 3. The Balaban J connectivity index is 0.00000144. The van der Waals surface area contributed by atoms with Crippen molar-refractivity contribution in [1.82, 2.24) is 15.6 Å². The third-order valence-electron chi connectivity index (χ3n) is 4.68. The number of halogens is 2. The molecule has 0 bridgehead atoms. The fourth-order valence-electron chi connectivity index (χ4n) is 3.31. The average Bonchev–Trinajstić information content (AvgIpc) is 3.05. The lowest BCUT2D eigenvalue weighted by molar-refractivity contribution is -0.127. The third kappa shape index (κ3) is 4.18. The Hall–Kier alpha value is -1.36. The average molecular weight is 370 g/mol. The molecule has 1 aromatic heterocycles. The minimum absolute atomic E-state index is 0. The minimum Gasteiger partial charge on any atom is -0.354 e. The molecule has 6 heteroatoms. The van der Waals surface area contributed by atoms with Gasteiger partial charge < -0.3 is 10.6 Å². The topological polar surface area (TPSA) is 54.0 Å². The Morgan fingerprint density at radius 2 is 2.08 bits per heavy atom. The summed E-state index contributed by atoms with van der Waals surface area (Å²) in [5.41, 5.74) is 1.86.